The zero-order valence-electron chi connectivity index (χ0n) is 21.5. The number of fused-ring (bicyclic) bond motifs is 1. The summed E-state index contributed by atoms with van der Waals surface area (Å²) in [6.07, 6.45) is 1.80. The van der Waals surface area contributed by atoms with Gasteiger partial charge in [-0.05, 0) is 74.7 Å². The normalized spacial score (nSPS) is 27.2. The van der Waals surface area contributed by atoms with Gasteiger partial charge in [0.2, 0.25) is 17.7 Å². The molecule has 2 bridgehead atoms. The van der Waals surface area contributed by atoms with Gasteiger partial charge in [-0.25, -0.2) is 0 Å². The molecule has 1 spiro atoms. The first-order valence-corrected chi connectivity index (χ1v) is 13.9. The van der Waals surface area contributed by atoms with E-state index in [1.165, 1.54) is 0 Å². The SMILES string of the molecule is CCOc1ccc(NC(=O)[C@@H]2[C@H]3C(=O)N(CCCO)C(C(=O)Nc4ccc(OC)cc4)C34CC[C@H]2S4)cc1. The highest BCUT2D eigenvalue weighted by atomic mass is 32.2. The molecule has 3 fully saturated rings. The van der Waals surface area contributed by atoms with E-state index < -0.39 is 22.6 Å². The summed E-state index contributed by atoms with van der Waals surface area (Å²) in [7, 11) is 1.58. The fourth-order valence-electron chi connectivity index (χ4n) is 6.15. The molecular formula is C28H33N3O6S. The molecule has 38 heavy (non-hydrogen) atoms. The van der Waals surface area contributed by atoms with Crippen molar-refractivity contribution in [2.45, 2.75) is 42.2 Å². The summed E-state index contributed by atoms with van der Waals surface area (Å²) < 4.78 is 10.00. The van der Waals surface area contributed by atoms with Gasteiger partial charge < -0.3 is 30.1 Å². The van der Waals surface area contributed by atoms with Crippen LogP contribution in [0.25, 0.3) is 0 Å². The Labute approximate surface area is 226 Å². The largest absolute Gasteiger partial charge is 0.497 e. The van der Waals surface area contributed by atoms with Crippen LogP contribution >= 0.6 is 11.8 Å². The van der Waals surface area contributed by atoms with Crippen molar-refractivity contribution in [2.75, 3.05) is 37.5 Å². The van der Waals surface area contributed by atoms with Gasteiger partial charge in [-0.15, -0.1) is 11.8 Å². The smallest absolute Gasteiger partial charge is 0.248 e. The average Bonchev–Trinajstić information content (AvgIpc) is 3.56. The number of nitrogens with zero attached hydrogens (tertiary/aromatic N) is 1. The van der Waals surface area contributed by atoms with Crippen molar-refractivity contribution in [1.82, 2.24) is 4.90 Å². The van der Waals surface area contributed by atoms with Gasteiger partial charge in [0.05, 0.1) is 30.3 Å². The number of hydrogen-bond donors (Lipinski definition) is 3. The Hall–Kier alpha value is -3.24. The van der Waals surface area contributed by atoms with E-state index in [2.05, 4.69) is 10.6 Å². The number of thioether (sulfide) groups is 1. The van der Waals surface area contributed by atoms with Gasteiger partial charge >= 0.3 is 0 Å². The van der Waals surface area contributed by atoms with E-state index in [-0.39, 0.29) is 36.1 Å². The first-order chi connectivity index (χ1) is 18.4. The predicted octanol–water partition coefficient (Wildman–Crippen LogP) is 3.14. The van der Waals surface area contributed by atoms with Gasteiger partial charge in [-0.2, -0.15) is 0 Å². The fourth-order valence-corrected chi connectivity index (χ4v) is 8.37. The molecule has 0 aromatic heterocycles. The van der Waals surface area contributed by atoms with Gasteiger partial charge in [-0.1, -0.05) is 0 Å². The summed E-state index contributed by atoms with van der Waals surface area (Å²) in [5.41, 5.74) is 1.24. The molecule has 0 aliphatic carbocycles. The van der Waals surface area contributed by atoms with Crippen LogP contribution in [0.1, 0.15) is 26.2 Å². The van der Waals surface area contributed by atoms with Crippen LogP contribution in [-0.2, 0) is 14.4 Å². The Bertz CT molecular complexity index is 1190. The Morgan fingerprint density at radius 3 is 2.29 bits per heavy atom. The molecule has 3 aliphatic heterocycles. The van der Waals surface area contributed by atoms with Crippen molar-refractivity contribution in [2.24, 2.45) is 11.8 Å². The number of carbonyl (C=O) groups is 3. The van der Waals surface area contributed by atoms with E-state index in [9.17, 15) is 19.5 Å². The first-order valence-electron chi connectivity index (χ1n) is 13.0. The summed E-state index contributed by atoms with van der Waals surface area (Å²) in [5, 5.41) is 15.4. The molecule has 5 rings (SSSR count). The van der Waals surface area contributed by atoms with Crippen molar-refractivity contribution in [3.63, 3.8) is 0 Å². The number of likely N-dealkylation sites (tertiary alicyclic amines) is 1. The van der Waals surface area contributed by atoms with Crippen molar-refractivity contribution < 1.29 is 29.0 Å². The molecule has 3 N–H and O–H groups in total. The zero-order chi connectivity index (χ0) is 26.9. The second kappa shape index (κ2) is 10.9. The number of carbonyl (C=O) groups excluding carboxylic acids is 3. The quantitative estimate of drug-likeness (QED) is 0.425. The lowest BCUT2D eigenvalue weighted by molar-refractivity contribution is -0.138. The molecule has 3 amide bonds. The van der Waals surface area contributed by atoms with Gasteiger partial charge in [0, 0.05) is 29.8 Å². The summed E-state index contributed by atoms with van der Waals surface area (Å²) in [5.74, 6) is -0.406. The number of amides is 3. The Balaban J connectivity index is 1.39. The summed E-state index contributed by atoms with van der Waals surface area (Å²) in [6, 6.07) is 13.5. The minimum absolute atomic E-state index is 0.0390. The van der Waals surface area contributed by atoms with E-state index >= 15 is 0 Å². The molecule has 3 heterocycles. The molecule has 9 nitrogen and oxygen atoms in total. The highest BCUT2D eigenvalue weighted by Gasteiger charge is 2.73. The minimum atomic E-state index is -0.730. The molecular weight excluding hydrogens is 506 g/mol. The summed E-state index contributed by atoms with van der Waals surface area (Å²) in [4.78, 5) is 42.8. The lowest BCUT2D eigenvalue weighted by Crippen LogP contribution is -2.51. The monoisotopic (exact) mass is 539 g/mol. The Kier molecular flexibility index (Phi) is 7.54. The molecule has 3 saturated heterocycles. The van der Waals surface area contributed by atoms with Crippen LogP contribution in [-0.4, -0.2) is 70.6 Å². The van der Waals surface area contributed by atoms with E-state index in [0.717, 1.165) is 12.2 Å². The number of ether oxygens (including phenoxy) is 2. The van der Waals surface area contributed by atoms with Crippen LogP contribution in [0.5, 0.6) is 11.5 Å². The topological polar surface area (TPSA) is 117 Å². The van der Waals surface area contributed by atoms with Gasteiger partial charge in [0.15, 0.2) is 0 Å². The van der Waals surface area contributed by atoms with E-state index in [1.807, 2.05) is 6.92 Å². The number of nitrogens with one attached hydrogen (secondary N) is 2. The molecule has 202 valence electrons. The molecule has 2 aromatic rings. The van der Waals surface area contributed by atoms with Crippen LogP contribution < -0.4 is 20.1 Å². The lowest BCUT2D eigenvalue weighted by Gasteiger charge is -2.34. The van der Waals surface area contributed by atoms with Crippen molar-refractivity contribution in [3.05, 3.63) is 48.5 Å². The molecule has 5 atom stereocenters. The highest BCUT2D eigenvalue weighted by Crippen LogP contribution is 2.66. The predicted molar refractivity (Wildman–Crippen MR) is 145 cm³/mol. The maximum Gasteiger partial charge on any atom is 0.248 e. The Morgan fingerprint density at radius 2 is 1.68 bits per heavy atom. The summed E-state index contributed by atoms with van der Waals surface area (Å²) >= 11 is 1.61. The standard InChI is InChI=1S/C28H33N3O6S/c1-3-37-20-11-7-17(8-12-20)29-25(33)22-21-13-14-28(38-21)23(22)27(35)31(15-4-16-32)24(28)26(34)30-18-5-9-19(36-2)10-6-18/h5-12,21-24,32H,3-4,13-16H2,1-2H3,(H,29,33)(H,30,34)/t21-,22+,23+,24?,28?/m1/s1. The number of aliphatic hydroxyl groups excluding tert-OH is 1. The lowest BCUT2D eigenvalue weighted by atomic mass is 9.70. The van der Waals surface area contributed by atoms with Crippen LogP contribution in [0.3, 0.4) is 0 Å². The number of anilines is 2. The summed E-state index contributed by atoms with van der Waals surface area (Å²) in [6.45, 7) is 2.63. The van der Waals surface area contributed by atoms with Crippen LogP contribution in [0, 0.1) is 11.8 Å². The third-order valence-electron chi connectivity index (χ3n) is 7.70. The number of aliphatic hydroxyl groups is 1. The Morgan fingerprint density at radius 1 is 1.05 bits per heavy atom. The second-order valence-corrected chi connectivity index (χ2v) is 11.4. The first kappa shape index (κ1) is 26.4. The molecule has 2 aromatic carbocycles. The number of rotatable bonds is 10. The number of hydrogen-bond acceptors (Lipinski definition) is 7. The fraction of sp³-hybridized carbons (Fsp3) is 0.464. The van der Waals surface area contributed by atoms with Crippen molar-refractivity contribution >= 4 is 40.9 Å². The molecule has 2 unspecified atom stereocenters. The third kappa shape index (κ3) is 4.60. The third-order valence-corrected chi connectivity index (χ3v) is 9.65. The van der Waals surface area contributed by atoms with Gasteiger partial charge in [0.1, 0.15) is 17.5 Å². The number of methoxy groups -OCH3 is 1. The van der Waals surface area contributed by atoms with Crippen molar-refractivity contribution in [1.29, 1.82) is 0 Å². The maximum atomic E-state index is 13.9. The second-order valence-electron chi connectivity index (χ2n) is 9.83. The molecule has 3 aliphatic rings. The van der Waals surface area contributed by atoms with E-state index in [1.54, 1.807) is 72.3 Å². The molecule has 0 saturated carbocycles. The van der Waals surface area contributed by atoms with Crippen LogP contribution in [0.2, 0.25) is 0 Å². The number of benzene rings is 2. The van der Waals surface area contributed by atoms with Gasteiger partial charge in [0.25, 0.3) is 0 Å². The minimum Gasteiger partial charge on any atom is -0.497 e. The van der Waals surface area contributed by atoms with Crippen molar-refractivity contribution in [3.8, 4) is 11.5 Å². The van der Waals surface area contributed by atoms with Gasteiger partial charge in [-0.3, -0.25) is 14.4 Å². The van der Waals surface area contributed by atoms with E-state index in [0.29, 0.717) is 36.6 Å². The average molecular weight is 540 g/mol. The van der Waals surface area contributed by atoms with Crippen LogP contribution in [0.15, 0.2) is 48.5 Å². The molecule has 10 heteroatoms. The zero-order valence-corrected chi connectivity index (χ0v) is 22.3. The van der Waals surface area contributed by atoms with E-state index in [4.69, 9.17) is 9.47 Å². The molecule has 0 radical (unpaired) electrons. The maximum absolute atomic E-state index is 13.9. The van der Waals surface area contributed by atoms with Crippen LogP contribution in [0.4, 0.5) is 11.4 Å². The highest BCUT2D eigenvalue weighted by molar-refractivity contribution is 8.02.